The maximum Gasteiger partial charge on any atom is 0.331 e. The van der Waals surface area contributed by atoms with Crippen molar-refractivity contribution in [1.82, 2.24) is 0 Å². The van der Waals surface area contributed by atoms with Crippen LogP contribution in [0.5, 0.6) is 0 Å². The molecule has 1 aromatic carbocycles. The summed E-state index contributed by atoms with van der Waals surface area (Å²) in [6.45, 7) is 10.5. The molecule has 0 saturated carbocycles. The summed E-state index contributed by atoms with van der Waals surface area (Å²) in [5.74, 6) is -0.735. The first kappa shape index (κ1) is 24.3. The van der Waals surface area contributed by atoms with Gasteiger partial charge in [-0.2, -0.15) is 0 Å². The summed E-state index contributed by atoms with van der Waals surface area (Å²) < 4.78 is 5.06. The van der Waals surface area contributed by atoms with Crippen molar-refractivity contribution in [3.05, 3.63) is 94.6 Å². The van der Waals surface area contributed by atoms with E-state index < -0.39 is 5.97 Å². The first-order chi connectivity index (χ1) is 14.7. The fourth-order valence-electron chi connectivity index (χ4n) is 3.75. The van der Waals surface area contributed by atoms with Crippen molar-refractivity contribution in [2.24, 2.45) is 5.41 Å². The first-order valence-corrected chi connectivity index (χ1v) is 10.9. The van der Waals surface area contributed by atoms with E-state index in [0.29, 0.717) is 5.56 Å². The van der Waals surface area contributed by atoms with Crippen LogP contribution in [-0.4, -0.2) is 18.4 Å². The summed E-state index contributed by atoms with van der Waals surface area (Å²) in [6, 6.07) is 8.81. The van der Waals surface area contributed by atoms with Gasteiger partial charge in [-0.05, 0) is 56.6 Å². The predicted molar refractivity (Wildman–Crippen MR) is 128 cm³/mol. The summed E-state index contributed by atoms with van der Waals surface area (Å²) in [5, 5.41) is 0. The van der Waals surface area contributed by atoms with Crippen LogP contribution in [-0.2, 0) is 9.53 Å². The van der Waals surface area contributed by atoms with Crippen molar-refractivity contribution in [2.45, 2.75) is 53.9 Å². The standard InChI is InChI=1S/C28H34O3/c1-21(16-17-25-23(3)13-10-18-28(25,4)5)11-9-12-22(2)19-27(30)31-20-26(29)24-14-7-6-8-15-24/h6-9,11-12,14-17,19H,10,13,18,20H2,1-5H3. The second-order valence-corrected chi connectivity index (χ2v) is 8.82. The molecule has 1 aromatic rings. The Hall–Kier alpha value is -2.94. The van der Waals surface area contributed by atoms with Gasteiger partial charge < -0.3 is 4.74 Å². The van der Waals surface area contributed by atoms with Gasteiger partial charge in [-0.3, -0.25) is 4.79 Å². The predicted octanol–water partition coefficient (Wildman–Crippen LogP) is 6.94. The quantitative estimate of drug-likeness (QED) is 0.199. The second-order valence-electron chi connectivity index (χ2n) is 8.82. The van der Waals surface area contributed by atoms with E-state index in [1.165, 1.54) is 36.5 Å². The van der Waals surface area contributed by atoms with Gasteiger partial charge in [0.1, 0.15) is 0 Å². The van der Waals surface area contributed by atoms with Gasteiger partial charge in [0, 0.05) is 11.6 Å². The van der Waals surface area contributed by atoms with Crippen molar-refractivity contribution in [3.63, 3.8) is 0 Å². The highest BCUT2D eigenvalue weighted by Gasteiger charge is 2.26. The van der Waals surface area contributed by atoms with Gasteiger partial charge in [-0.15, -0.1) is 0 Å². The Balaban J connectivity index is 1.89. The molecule has 31 heavy (non-hydrogen) atoms. The highest BCUT2D eigenvalue weighted by Crippen LogP contribution is 2.40. The molecule has 0 fully saturated rings. The molecule has 3 nitrogen and oxygen atoms in total. The third kappa shape index (κ3) is 8.01. The number of hydrogen-bond acceptors (Lipinski definition) is 3. The molecule has 0 unspecified atom stereocenters. The number of rotatable bonds is 8. The molecule has 0 amide bonds. The van der Waals surface area contributed by atoms with Crippen LogP contribution in [0.1, 0.15) is 64.2 Å². The van der Waals surface area contributed by atoms with Crippen molar-refractivity contribution >= 4 is 11.8 Å². The van der Waals surface area contributed by atoms with E-state index >= 15 is 0 Å². The fraction of sp³-hybridized carbons (Fsp3) is 0.357. The zero-order chi connectivity index (χ0) is 22.9. The van der Waals surface area contributed by atoms with E-state index in [-0.39, 0.29) is 17.8 Å². The molecule has 1 aliphatic rings. The summed E-state index contributed by atoms with van der Waals surface area (Å²) in [7, 11) is 0. The summed E-state index contributed by atoms with van der Waals surface area (Å²) in [4.78, 5) is 23.9. The molecule has 0 spiro atoms. The molecule has 0 heterocycles. The Bertz CT molecular complexity index is 938. The number of benzene rings is 1. The fourth-order valence-corrected chi connectivity index (χ4v) is 3.75. The van der Waals surface area contributed by atoms with Crippen LogP contribution >= 0.6 is 0 Å². The Morgan fingerprint density at radius 1 is 1.06 bits per heavy atom. The van der Waals surface area contributed by atoms with Gasteiger partial charge in [-0.25, -0.2) is 4.79 Å². The van der Waals surface area contributed by atoms with E-state index in [1.54, 1.807) is 24.3 Å². The first-order valence-electron chi connectivity index (χ1n) is 10.9. The van der Waals surface area contributed by atoms with Crippen LogP contribution in [0.3, 0.4) is 0 Å². The Morgan fingerprint density at radius 3 is 2.45 bits per heavy atom. The van der Waals surface area contributed by atoms with Gasteiger partial charge in [0.15, 0.2) is 12.4 Å². The summed E-state index contributed by atoms with van der Waals surface area (Å²) >= 11 is 0. The SMILES string of the molecule is CC(C=CC1=C(C)CCCC1(C)C)=CC=CC(C)=CC(=O)OCC(=O)c1ccccc1. The van der Waals surface area contributed by atoms with Gasteiger partial charge in [0.25, 0.3) is 0 Å². The van der Waals surface area contributed by atoms with Crippen LogP contribution < -0.4 is 0 Å². The number of ether oxygens (including phenoxy) is 1. The normalized spacial score (nSPS) is 17.5. The van der Waals surface area contributed by atoms with Crippen molar-refractivity contribution in [2.75, 3.05) is 6.61 Å². The van der Waals surface area contributed by atoms with Crippen molar-refractivity contribution in [3.8, 4) is 0 Å². The summed E-state index contributed by atoms with van der Waals surface area (Å²) in [6.07, 6.45) is 15.3. The smallest absolute Gasteiger partial charge is 0.331 e. The Kier molecular flexibility index (Phi) is 8.99. The van der Waals surface area contributed by atoms with Crippen molar-refractivity contribution < 1.29 is 14.3 Å². The molecule has 0 bridgehead atoms. The lowest BCUT2D eigenvalue weighted by atomic mass is 9.72. The maximum atomic E-state index is 12.0. The molecular formula is C28H34O3. The van der Waals surface area contributed by atoms with Gasteiger partial charge in [0.05, 0.1) is 0 Å². The number of Topliss-reactive ketones (excluding diaryl/α,β-unsaturated/α-hetero) is 1. The number of ketones is 1. The van der Waals surface area contributed by atoms with Gasteiger partial charge in [0.2, 0.25) is 0 Å². The van der Waals surface area contributed by atoms with E-state index in [4.69, 9.17) is 4.74 Å². The number of allylic oxidation sites excluding steroid dienone is 9. The zero-order valence-electron chi connectivity index (χ0n) is 19.4. The number of esters is 1. The third-order valence-electron chi connectivity index (χ3n) is 5.56. The largest absolute Gasteiger partial charge is 0.454 e. The molecule has 0 saturated heterocycles. The molecule has 164 valence electrons. The van der Waals surface area contributed by atoms with Crippen LogP contribution in [0.25, 0.3) is 0 Å². The van der Waals surface area contributed by atoms with Crippen molar-refractivity contribution in [1.29, 1.82) is 0 Å². The molecule has 3 heteroatoms. The molecular weight excluding hydrogens is 384 g/mol. The Labute approximate surface area is 186 Å². The third-order valence-corrected chi connectivity index (χ3v) is 5.56. The van der Waals surface area contributed by atoms with E-state index in [0.717, 1.165) is 11.1 Å². The average Bonchev–Trinajstić information content (AvgIpc) is 2.71. The number of hydrogen-bond donors (Lipinski definition) is 0. The zero-order valence-corrected chi connectivity index (χ0v) is 19.4. The van der Waals surface area contributed by atoms with Crippen LogP contribution in [0.15, 0.2) is 89.1 Å². The molecule has 1 aliphatic carbocycles. The van der Waals surface area contributed by atoms with Gasteiger partial charge >= 0.3 is 5.97 Å². The molecule has 0 aromatic heterocycles. The number of carbonyl (C=O) groups excluding carboxylic acids is 2. The topological polar surface area (TPSA) is 43.4 Å². The highest BCUT2D eigenvalue weighted by molar-refractivity contribution is 5.98. The maximum absolute atomic E-state index is 12.0. The lowest BCUT2D eigenvalue weighted by Crippen LogP contribution is -2.19. The second kappa shape index (κ2) is 11.5. The monoisotopic (exact) mass is 418 g/mol. The molecule has 0 atom stereocenters. The molecule has 0 aliphatic heterocycles. The van der Waals surface area contributed by atoms with E-state index in [2.05, 4.69) is 39.8 Å². The molecule has 0 N–H and O–H groups in total. The van der Waals surface area contributed by atoms with E-state index in [1.807, 2.05) is 31.2 Å². The van der Waals surface area contributed by atoms with Crippen LogP contribution in [0.4, 0.5) is 0 Å². The highest BCUT2D eigenvalue weighted by atomic mass is 16.5. The minimum Gasteiger partial charge on any atom is -0.454 e. The minimum absolute atomic E-state index is 0.215. The lowest BCUT2D eigenvalue weighted by Gasteiger charge is -2.32. The van der Waals surface area contributed by atoms with Gasteiger partial charge in [-0.1, -0.05) is 85.7 Å². The molecule has 0 radical (unpaired) electrons. The van der Waals surface area contributed by atoms with Crippen LogP contribution in [0.2, 0.25) is 0 Å². The lowest BCUT2D eigenvalue weighted by molar-refractivity contribution is -0.136. The number of carbonyl (C=O) groups is 2. The average molecular weight is 419 g/mol. The minimum atomic E-state index is -0.519. The van der Waals surface area contributed by atoms with E-state index in [9.17, 15) is 9.59 Å². The molecule has 2 rings (SSSR count). The Morgan fingerprint density at radius 2 is 1.77 bits per heavy atom. The van der Waals surface area contributed by atoms with Crippen LogP contribution in [0, 0.1) is 5.41 Å². The summed E-state index contributed by atoms with van der Waals surface area (Å²) in [5.41, 5.74) is 5.60.